The zero-order valence-corrected chi connectivity index (χ0v) is 11.9. The Morgan fingerprint density at radius 3 is 2.75 bits per heavy atom. The molecule has 7 heteroatoms. The van der Waals surface area contributed by atoms with Crippen LogP contribution in [-0.4, -0.2) is 25.4 Å². The van der Waals surface area contributed by atoms with Gasteiger partial charge in [0.1, 0.15) is 11.8 Å². The van der Waals surface area contributed by atoms with E-state index in [-0.39, 0.29) is 11.3 Å². The van der Waals surface area contributed by atoms with E-state index >= 15 is 0 Å². The van der Waals surface area contributed by atoms with Crippen LogP contribution >= 0.6 is 0 Å². The first-order valence-corrected chi connectivity index (χ1v) is 6.67. The summed E-state index contributed by atoms with van der Waals surface area (Å²) < 4.78 is 1.98. The molecule has 20 heavy (non-hydrogen) atoms. The molecule has 0 aliphatic rings. The van der Waals surface area contributed by atoms with E-state index in [0.29, 0.717) is 11.3 Å². The van der Waals surface area contributed by atoms with Crippen molar-refractivity contribution >= 4 is 22.8 Å². The van der Waals surface area contributed by atoms with Crippen LogP contribution in [0.15, 0.2) is 12.7 Å². The van der Waals surface area contributed by atoms with E-state index in [2.05, 4.69) is 15.0 Å². The second kappa shape index (κ2) is 5.44. The average molecular weight is 275 g/mol. The third kappa shape index (κ3) is 2.87. The number of aryl methyl sites for hydroxylation is 1. The van der Waals surface area contributed by atoms with E-state index < -0.39 is 0 Å². The molecule has 5 N–H and O–H groups in total. The summed E-state index contributed by atoms with van der Waals surface area (Å²) in [7, 11) is 0. The molecule has 2 rings (SSSR count). The van der Waals surface area contributed by atoms with Crippen molar-refractivity contribution in [3.8, 4) is 0 Å². The van der Waals surface area contributed by atoms with Gasteiger partial charge in [-0.2, -0.15) is 0 Å². The lowest BCUT2D eigenvalue weighted by atomic mass is 9.86. The lowest BCUT2D eigenvalue weighted by molar-refractivity contribution is 0.431. The van der Waals surface area contributed by atoms with Crippen molar-refractivity contribution in [1.82, 2.24) is 19.5 Å². The van der Waals surface area contributed by atoms with Crippen LogP contribution < -0.4 is 11.5 Å². The number of nitrogens with one attached hydrogen (secondary N) is 1. The van der Waals surface area contributed by atoms with E-state index in [9.17, 15) is 0 Å². The smallest absolute Gasteiger partial charge is 0.165 e. The molecule has 0 bridgehead atoms. The second-order valence-corrected chi connectivity index (χ2v) is 5.62. The summed E-state index contributed by atoms with van der Waals surface area (Å²) in [6, 6.07) is 0. The van der Waals surface area contributed by atoms with Crippen LogP contribution in [0.25, 0.3) is 11.2 Å². The van der Waals surface area contributed by atoms with Crippen molar-refractivity contribution in [3.05, 3.63) is 12.7 Å². The predicted molar refractivity (Wildman–Crippen MR) is 79.3 cm³/mol. The predicted octanol–water partition coefficient (Wildman–Crippen LogP) is 1.54. The molecule has 108 valence electrons. The highest BCUT2D eigenvalue weighted by atomic mass is 15.1. The minimum atomic E-state index is -0.233. The van der Waals surface area contributed by atoms with Gasteiger partial charge >= 0.3 is 0 Å². The fourth-order valence-electron chi connectivity index (χ4n) is 2.05. The number of fused-ring (bicyclic) bond motifs is 1. The Hall–Kier alpha value is -2.18. The van der Waals surface area contributed by atoms with Crippen LogP contribution in [0.1, 0.15) is 33.1 Å². The highest BCUT2D eigenvalue weighted by Crippen LogP contribution is 2.23. The zero-order chi connectivity index (χ0) is 14.8. The number of rotatable bonds is 6. The number of anilines is 1. The van der Waals surface area contributed by atoms with Crippen molar-refractivity contribution in [2.75, 3.05) is 5.73 Å². The number of unbranched alkanes of at least 4 members (excludes halogenated alkanes) is 1. The summed E-state index contributed by atoms with van der Waals surface area (Å²) in [5.74, 6) is 0.651. The van der Waals surface area contributed by atoms with Gasteiger partial charge in [-0.25, -0.2) is 15.0 Å². The fraction of sp³-hybridized carbons (Fsp3) is 0.538. The lowest BCUT2D eigenvalue weighted by Gasteiger charge is -2.22. The fourth-order valence-corrected chi connectivity index (χ4v) is 2.05. The SMILES string of the molecule is CC(C)(CCCCn1cnc2c(N)ncnc21)C(=N)N. The molecule has 7 nitrogen and oxygen atoms in total. The minimum Gasteiger partial charge on any atom is -0.387 e. The van der Waals surface area contributed by atoms with E-state index in [1.807, 2.05) is 18.4 Å². The molecule has 0 saturated carbocycles. The normalized spacial score (nSPS) is 11.9. The molecule has 0 spiro atoms. The first-order valence-electron chi connectivity index (χ1n) is 6.67. The monoisotopic (exact) mass is 275 g/mol. The van der Waals surface area contributed by atoms with Gasteiger partial charge in [-0.1, -0.05) is 20.3 Å². The molecule has 0 radical (unpaired) electrons. The van der Waals surface area contributed by atoms with Gasteiger partial charge in [0.15, 0.2) is 11.5 Å². The summed E-state index contributed by atoms with van der Waals surface area (Å²) in [4.78, 5) is 12.4. The largest absolute Gasteiger partial charge is 0.387 e. The average Bonchev–Trinajstić information content (AvgIpc) is 2.79. The van der Waals surface area contributed by atoms with Crippen molar-refractivity contribution < 1.29 is 0 Å². The molecule has 2 heterocycles. The highest BCUT2D eigenvalue weighted by molar-refractivity contribution is 5.82. The standard InChI is InChI=1S/C13H21N7/c1-13(2,12(15)16)5-3-4-6-20-8-19-9-10(14)17-7-18-11(9)20/h7-8H,3-6H2,1-2H3,(H3,15,16)(H2,14,17,18). The Kier molecular flexibility index (Phi) is 3.87. The second-order valence-electron chi connectivity index (χ2n) is 5.62. The van der Waals surface area contributed by atoms with Crippen LogP contribution in [0.5, 0.6) is 0 Å². The van der Waals surface area contributed by atoms with Crippen molar-refractivity contribution in [3.63, 3.8) is 0 Å². The number of nitrogens with zero attached hydrogens (tertiary/aromatic N) is 4. The van der Waals surface area contributed by atoms with Gasteiger partial charge in [0, 0.05) is 12.0 Å². The van der Waals surface area contributed by atoms with Crippen molar-refractivity contribution in [1.29, 1.82) is 5.41 Å². The van der Waals surface area contributed by atoms with E-state index in [0.717, 1.165) is 31.5 Å². The molecule has 0 fully saturated rings. The van der Waals surface area contributed by atoms with Crippen LogP contribution in [0.2, 0.25) is 0 Å². The van der Waals surface area contributed by atoms with Crippen LogP contribution in [0.3, 0.4) is 0 Å². The molecule has 0 atom stereocenters. The Labute approximate surface area is 117 Å². The van der Waals surface area contributed by atoms with Crippen molar-refractivity contribution in [2.45, 2.75) is 39.7 Å². The number of hydrogen-bond acceptors (Lipinski definition) is 5. The molecule has 0 aromatic carbocycles. The Morgan fingerprint density at radius 1 is 1.30 bits per heavy atom. The van der Waals surface area contributed by atoms with Gasteiger partial charge in [-0.15, -0.1) is 0 Å². The molecular formula is C13H21N7. The van der Waals surface area contributed by atoms with Crippen LogP contribution in [0.4, 0.5) is 5.82 Å². The Bertz CT molecular complexity index is 614. The topological polar surface area (TPSA) is 119 Å². The summed E-state index contributed by atoms with van der Waals surface area (Å²) in [5.41, 5.74) is 12.5. The summed E-state index contributed by atoms with van der Waals surface area (Å²) >= 11 is 0. The molecule has 2 aromatic heterocycles. The summed E-state index contributed by atoms with van der Waals surface area (Å²) in [6.45, 7) is 4.81. The van der Waals surface area contributed by atoms with E-state index in [1.165, 1.54) is 6.33 Å². The van der Waals surface area contributed by atoms with Gasteiger partial charge < -0.3 is 16.0 Å². The number of hydrogen-bond donors (Lipinski definition) is 3. The molecule has 0 amide bonds. The maximum absolute atomic E-state index is 7.54. The Morgan fingerprint density at radius 2 is 2.05 bits per heavy atom. The van der Waals surface area contributed by atoms with Gasteiger partial charge in [0.2, 0.25) is 0 Å². The number of nitrogen functional groups attached to an aromatic ring is 1. The molecule has 0 saturated heterocycles. The van der Waals surface area contributed by atoms with Crippen LogP contribution in [-0.2, 0) is 6.54 Å². The quantitative estimate of drug-likeness (QED) is 0.419. The molecule has 2 aromatic rings. The molecule has 0 aliphatic heterocycles. The van der Waals surface area contributed by atoms with Gasteiger partial charge in [0.25, 0.3) is 0 Å². The first kappa shape index (κ1) is 14.2. The number of imidazole rings is 1. The van der Waals surface area contributed by atoms with Gasteiger partial charge in [-0.3, -0.25) is 5.41 Å². The number of amidine groups is 1. The van der Waals surface area contributed by atoms with Crippen LogP contribution in [0, 0.1) is 10.8 Å². The summed E-state index contributed by atoms with van der Waals surface area (Å²) in [6.07, 6.45) is 6.06. The maximum atomic E-state index is 7.54. The molecule has 0 aliphatic carbocycles. The third-order valence-electron chi connectivity index (χ3n) is 3.61. The third-order valence-corrected chi connectivity index (χ3v) is 3.61. The lowest BCUT2D eigenvalue weighted by Crippen LogP contribution is -2.30. The van der Waals surface area contributed by atoms with Gasteiger partial charge in [0.05, 0.1) is 12.2 Å². The van der Waals surface area contributed by atoms with Crippen molar-refractivity contribution in [2.24, 2.45) is 11.1 Å². The zero-order valence-electron chi connectivity index (χ0n) is 11.9. The number of nitrogens with two attached hydrogens (primary N) is 2. The van der Waals surface area contributed by atoms with Gasteiger partial charge in [-0.05, 0) is 12.8 Å². The Balaban J connectivity index is 1.94. The van der Waals surface area contributed by atoms with E-state index in [1.54, 1.807) is 6.33 Å². The minimum absolute atomic E-state index is 0.233. The molecular weight excluding hydrogens is 254 g/mol. The summed E-state index contributed by atoms with van der Waals surface area (Å²) in [5, 5.41) is 7.54. The molecule has 0 unspecified atom stereocenters. The number of aromatic nitrogens is 4. The van der Waals surface area contributed by atoms with E-state index in [4.69, 9.17) is 16.9 Å². The maximum Gasteiger partial charge on any atom is 0.165 e. The first-order chi connectivity index (χ1) is 9.42. The highest BCUT2D eigenvalue weighted by Gasteiger charge is 2.20.